The molecule has 0 aromatic carbocycles. The fraction of sp³-hybridized carbons (Fsp3) is 0.800. The van der Waals surface area contributed by atoms with E-state index in [4.69, 9.17) is 4.74 Å². The van der Waals surface area contributed by atoms with E-state index >= 15 is 0 Å². The van der Waals surface area contributed by atoms with Gasteiger partial charge in [-0.3, -0.25) is 0 Å². The SMILES string of the molecule is Cn1cnnc1COC1CCC(O)CC1. The molecule has 0 atom stereocenters. The highest BCUT2D eigenvalue weighted by atomic mass is 16.5. The first-order valence-electron chi connectivity index (χ1n) is 5.38. The zero-order chi connectivity index (χ0) is 10.7. The van der Waals surface area contributed by atoms with Gasteiger partial charge in [-0.1, -0.05) is 0 Å². The molecule has 2 rings (SSSR count). The number of nitrogens with zero attached hydrogens (tertiary/aromatic N) is 3. The van der Waals surface area contributed by atoms with Gasteiger partial charge in [-0.2, -0.15) is 0 Å². The molecule has 1 aromatic rings. The molecule has 1 heterocycles. The molecule has 0 amide bonds. The molecule has 5 heteroatoms. The van der Waals surface area contributed by atoms with Crippen LogP contribution in [0.2, 0.25) is 0 Å². The Morgan fingerprint density at radius 1 is 1.47 bits per heavy atom. The van der Waals surface area contributed by atoms with Crippen molar-refractivity contribution in [1.29, 1.82) is 0 Å². The normalized spacial score (nSPS) is 26.8. The van der Waals surface area contributed by atoms with Crippen LogP contribution in [0.15, 0.2) is 6.33 Å². The van der Waals surface area contributed by atoms with E-state index in [1.807, 2.05) is 11.6 Å². The van der Waals surface area contributed by atoms with Gasteiger partial charge in [0.1, 0.15) is 12.9 Å². The predicted molar refractivity (Wildman–Crippen MR) is 54.1 cm³/mol. The highest BCUT2D eigenvalue weighted by Crippen LogP contribution is 2.21. The Hall–Kier alpha value is -0.940. The van der Waals surface area contributed by atoms with Crippen LogP contribution in [0, 0.1) is 0 Å². The van der Waals surface area contributed by atoms with Gasteiger partial charge in [0.05, 0.1) is 12.2 Å². The minimum absolute atomic E-state index is 0.125. The summed E-state index contributed by atoms with van der Waals surface area (Å²) in [5.74, 6) is 0.848. The van der Waals surface area contributed by atoms with E-state index in [1.54, 1.807) is 6.33 Å². The number of ether oxygens (including phenoxy) is 1. The molecule has 1 aliphatic rings. The lowest BCUT2D eigenvalue weighted by Crippen LogP contribution is -2.24. The molecular formula is C10H17N3O2. The van der Waals surface area contributed by atoms with Crippen molar-refractivity contribution in [3.05, 3.63) is 12.2 Å². The number of rotatable bonds is 3. The minimum atomic E-state index is -0.125. The summed E-state index contributed by atoms with van der Waals surface area (Å²) in [4.78, 5) is 0. The first-order valence-corrected chi connectivity index (χ1v) is 5.38. The summed E-state index contributed by atoms with van der Waals surface area (Å²) in [5, 5.41) is 17.1. The molecule has 15 heavy (non-hydrogen) atoms. The molecule has 0 bridgehead atoms. The van der Waals surface area contributed by atoms with Crippen LogP contribution in [0.1, 0.15) is 31.5 Å². The van der Waals surface area contributed by atoms with Gasteiger partial charge in [0.15, 0.2) is 5.82 Å². The highest BCUT2D eigenvalue weighted by Gasteiger charge is 2.20. The quantitative estimate of drug-likeness (QED) is 0.796. The summed E-state index contributed by atoms with van der Waals surface area (Å²) < 4.78 is 7.58. The molecule has 0 aliphatic heterocycles. The Morgan fingerprint density at radius 2 is 2.20 bits per heavy atom. The Kier molecular flexibility index (Phi) is 3.33. The predicted octanol–water partition coefficient (Wildman–Crippen LogP) is 0.635. The van der Waals surface area contributed by atoms with E-state index in [1.165, 1.54) is 0 Å². The average molecular weight is 211 g/mol. The van der Waals surface area contributed by atoms with Crippen molar-refractivity contribution in [2.45, 2.75) is 44.5 Å². The number of aliphatic hydroxyl groups excluding tert-OH is 1. The number of hydrogen-bond donors (Lipinski definition) is 1. The van der Waals surface area contributed by atoms with Gasteiger partial charge >= 0.3 is 0 Å². The van der Waals surface area contributed by atoms with E-state index in [9.17, 15) is 5.11 Å². The van der Waals surface area contributed by atoms with E-state index in [-0.39, 0.29) is 12.2 Å². The van der Waals surface area contributed by atoms with Crippen LogP contribution in [0.25, 0.3) is 0 Å². The lowest BCUT2D eigenvalue weighted by Gasteiger charge is -2.25. The van der Waals surface area contributed by atoms with Crippen LogP contribution in [0.3, 0.4) is 0 Å². The smallest absolute Gasteiger partial charge is 0.158 e. The van der Waals surface area contributed by atoms with Gasteiger partial charge in [-0.15, -0.1) is 10.2 Å². The van der Waals surface area contributed by atoms with Crippen molar-refractivity contribution in [1.82, 2.24) is 14.8 Å². The van der Waals surface area contributed by atoms with Crippen molar-refractivity contribution in [3.63, 3.8) is 0 Å². The van der Waals surface area contributed by atoms with Crippen molar-refractivity contribution in [2.75, 3.05) is 0 Å². The van der Waals surface area contributed by atoms with Gasteiger partial charge in [-0.25, -0.2) is 0 Å². The first-order chi connectivity index (χ1) is 7.25. The maximum atomic E-state index is 9.34. The van der Waals surface area contributed by atoms with E-state index in [2.05, 4.69) is 10.2 Å². The summed E-state index contributed by atoms with van der Waals surface area (Å²) in [6.07, 6.45) is 5.40. The molecule has 0 spiro atoms. The lowest BCUT2D eigenvalue weighted by molar-refractivity contribution is -0.0149. The Balaban J connectivity index is 1.77. The van der Waals surface area contributed by atoms with Crippen LogP contribution in [-0.4, -0.2) is 32.1 Å². The summed E-state index contributed by atoms with van der Waals surface area (Å²) in [6, 6.07) is 0. The maximum absolute atomic E-state index is 9.34. The third-order valence-electron chi connectivity index (χ3n) is 2.90. The zero-order valence-electron chi connectivity index (χ0n) is 8.96. The second-order valence-corrected chi connectivity index (χ2v) is 4.10. The Labute approximate surface area is 89.1 Å². The molecule has 1 fully saturated rings. The second-order valence-electron chi connectivity index (χ2n) is 4.10. The third kappa shape index (κ3) is 2.76. The number of aryl methyl sites for hydroxylation is 1. The minimum Gasteiger partial charge on any atom is -0.393 e. The van der Waals surface area contributed by atoms with Crippen molar-refractivity contribution >= 4 is 0 Å². The van der Waals surface area contributed by atoms with Gasteiger partial charge in [0.2, 0.25) is 0 Å². The van der Waals surface area contributed by atoms with Crippen LogP contribution in [-0.2, 0) is 18.4 Å². The van der Waals surface area contributed by atoms with Gasteiger partial charge in [0, 0.05) is 7.05 Å². The lowest BCUT2D eigenvalue weighted by atomic mass is 9.95. The number of aromatic nitrogens is 3. The topological polar surface area (TPSA) is 60.2 Å². The fourth-order valence-corrected chi connectivity index (χ4v) is 1.84. The third-order valence-corrected chi connectivity index (χ3v) is 2.90. The van der Waals surface area contributed by atoms with Crippen LogP contribution < -0.4 is 0 Å². The molecule has 1 N–H and O–H groups in total. The molecule has 1 aromatic heterocycles. The van der Waals surface area contributed by atoms with E-state index < -0.39 is 0 Å². The van der Waals surface area contributed by atoms with Gasteiger partial charge in [-0.05, 0) is 25.7 Å². The van der Waals surface area contributed by atoms with Crippen LogP contribution in [0.5, 0.6) is 0 Å². The molecule has 1 aliphatic carbocycles. The molecule has 1 saturated carbocycles. The Bertz CT molecular complexity index is 305. The molecule has 84 valence electrons. The molecule has 0 saturated heterocycles. The van der Waals surface area contributed by atoms with Gasteiger partial charge < -0.3 is 14.4 Å². The Morgan fingerprint density at radius 3 is 2.80 bits per heavy atom. The van der Waals surface area contributed by atoms with Gasteiger partial charge in [0.25, 0.3) is 0 Å². The molecule has 5 nitrogen and oxygen atoms in total. The molecule has 0 unspecified atom stereocenters. The fourth-order valence-electron chi connectivity index (χ4n) is 1.84. The number of hydrogen-bond acceptors (Lipinski definition) is 4. The molecule has 0 radical (unpaired) electrons. The summed E-state index contributed by atoms with van der Waals surface area (Å²) >= 11 is 0. The summed E-state index contributed by atoms with van der Waals surface area (Å²) in [6.45, 7) is 0.511. The molecular weight excluding hydrogens is 194 g/mol. The van der Waals surface area contributed by atoms with Crippen LogP contribution in [0.4, 0.5) is 0 Å². The summed E-state index contributed by atoms with van der Waals surface area (Å²) in [7, 11) is 1.91. The van der Waals surface area contributed by atoms with E-state index in [0.717, 1.165) is 31.5 Å². The maximum Gasteiger partial charge on any atom is 0.158 e. The number of aliphatic hydroxyl groups is 1. The van der Waals surface area contributed by atoms with Crippen molar-refractivity contribution in [3.8, 4) is 0 Å². The summed E-state index contributed by atoms with van der Waals surface area (Å²) in [5.41, 5.74) is 0. The highest BCUT2D eigenvalue weighted by molar-refractivity contribution is 4.81. The van der Waals surface area contributed by atoms with Crippen molar-refractivity contribution in [2.24, 2.45) is 7.05 Å². The monoisotopic (exact) mass is 211 g/mol. The second kappa shape index (κ2) is 4.72. The van der Waals surface area contributed by atoms with Crippen molar-refractivity contribution < 1.29 is 9.84 Å². The van der Waals surface area contributed by atoms with Crippen LogP contribution >= 0.6 is 0 Å². The standard InChI is InChI=1S/C10H17N3O2/c1-13-7-11-12-10(13)6-15-9-4-2-8(14)3-5-9/h7-9,14H,2-6H2,1H3. The van der Waals surface area contributed by atoms with E-state index in [0.29, 0.717) is 6.61 Å². The largest absolute Gasteiger partial charge is 0.393 e. The average Bonchev–Trinajstić information content (AvgIpc) is 2.63. The zero-order valence-corrected chi connectivity index (χ0v) is 8.96. The first kappa shape index (κ1) is 10.6.